The third-order valence-electron chi connectivity index (χ3n) is 3.15. The summed E-state index contributed by atoms with van der Waals surface area (Å²) in [5.41, 5.74) is 1.69. The molecule has 0 bridgehead atoms. The van der Waals surface area contributed by atoms with Crippen molar-refractivity contribution in [2.45, 2.75) is 6.04 Å². The molecule has 0 radical (unpaired) electrons. The van der Waals surface area contributed by atoms with Crippen LogP contribution in [0.3, 0.4) is 0 Å². The quantitative estimate of drug-likeness (QED) is 0.772. The Kier molecular flexibility index (Phi) is 3.92. The summed E-state index contributed by atoms with van der Waals surface area (Å²) in [5.74, 6) is 0.00286. The third kappa shape index (κ3) is 2.14. The number of benzene rings is 1. The Balaban J connectivity index is 0.00000120. The van der Waals surface area contributed by atoms with Crippen LogP contribution in [-0.4, -0.2) is 31.6 Å². The van der Waals surface area contributed by atoms with Crippen LogP contribution >= 0.6 is 35.6 Å². The number of nitrogens with one attached hydrogen (secondary N) is 2. The van der Waals surface area contributed by atoms with E-state index in [4.69, 9.17) is 23.2 Å². The largest absolute Gasteiger partial charge is 0.355 e. The zero-order chi connectivity index (χ0) is 12.0. The predicted molar refractivity (Wildman–Crippen MR) is 76.3 cm³/mol. The van der Waals surface area contributed by atoms with Gasteiger partial charge in [-0.1, -0.05) is 23.2 Å². The lowest BCUT2D eigenvalue weighted by molar-refractivity contribution is -0.117. The first-order valence-corrected chi connectivity index (χ1v) is 6.19. The van der Waals surface area contributed by atoms with Crippen LogP contribution in [0, 0.1) is 0 Å². The van der Waals surface area contributed by atoms with E-state index in [1.807, 2.05) is 6.07 Å². The number of nitrogens with zero attached hydrogens (tertiary/aromatic N) is 1. The highest BCUT2D eigenvalue weighted by molar-refractivity contribution is 6.42. The van der Waals surface area contributed by atoms with Crippen LogP contribution in [-0.2, 0) is 4.79 Å². The molecule has 4 nitrogen and oxygen atoms in total. The molecule has 1 fully saturated rings. The fraction of sp³-hybridized carbons (Fsp3) is 0.364. The van der Waals surface area contributed by atoms with Gasteiger partial charge >= 0.3 is 0 Å². The summed E-state index contributed by atoms with van der Waals surface area (Å²) >= 11 is 12.0. The van der Waals surface area contributed by atoms with Crippen molar-refractivity contribution in [1.29, 1.82) is 0 Å². The topological polar surface area (TPSA) is 44.4 Å². The molecule has 98 valence electrons. The van der Waals surface area contributed by atoms with Gasteiger partial charge in [0.15, 0.2) is 0 Å². The van der Waals surface area contributed by atoms with Crippen molar-refractivity contribution in [2.24, 2.45) is 0 Å². The first-order chi connectivity index (χ1) is 8.16. The van der Waals surface area contributed by atoms with Crippen LogP contribution in [0.4, 0.5) is 11.4 Å². The van der Waals surface area contributed by atoms with E-state index in [2.05, 4.69) is 15.5 Å². The lowest BCUT2D eigenvalue weighted by Gasteiger charge is -2.41. The molecule has 2 N–H and O–H groups in total. The van der Waals surface area contributed by atoms with Gasteiger partial charge in [0.2, 0.25) is 5.91 Å². The molecule has 1 atom stereocenters. The van der Waals surface area contributed by atoms with Gasteiger partial charge in [-0.15, -0.1) is 12.4 Å². The number of rotatable bonds is 0. The highest BCUT2D eigenvalue weighted by atomic mass is 35.5. The van der Waals surface area contributed by atoms with Crippen molar-refractivity contribution in [2.75, 3.05) is 29.9 Å². The van der Waals surface area contributed by atoms with Crippen molar-refractivity contribution in [1.82, 2.24) is 5.32 Å². The maximum absolute atomic E-state index is 11.9. The smallest absolute Gasteiger partial charge is 0.248 e. The molecule has 2 heterocycles. The molecule has 0 aromatic heterocycles. The minimum absolute atomic E-state index is 0. The first kappa shape index (κ1) is 13.7. The molecule has 1 unspecified atom stereocenters. The summed E-state index contributed by atoms with van der Waals surface area (Å²) in [6.45, 7) is 2.32. The second kappa shape index (κ2) is 5.13. The average molecular weight is 309 g/mol. The Morgan fingerprint density at radius 1 is 1.28 bits per heavy atom. The van der Waals surface area contributed by atoms with Gasteiger partial charge in [-0.05, 0) is 12.1 Å². The number of fused-ring (bicyclic) bond motifs is 3. The maximum Gasteiger partial charge on any atom is 0.248 e. The second-order valence-electron chi connectivity index (χ2n) is 4.19. The van der Waals surface area contributed by atoms with Gasteiger partial charge in [-0.2, -0.15) is 0 Å². The van der Waals surface area contributed by atoms with E-state index in [9.17, 15) is 4.79 Å². The SMILES string of the molecule is Cl.O=C1Nc2cc(Cl)c(Cl)cc2N2CCNCC12. The molecule has 2 aliphatic rings. The van der Waals surface area contributed by atoms with Gasteiger partial charge in [0.05, 0.1) is 21.4 Å². The monoisotopic (exact) mass is 307 g/mol. The summed E-state index contributed by atoms with van der Waals surface area (Å²) in [4.78, 5) is 14.0. The molecule has 1 aromatic rings. The number of halogens is 3. The molecular formula is C11H12Cl3N3O. The van der Waals surface area contributed by atoms with Crippen molar-refractivity contribution in [3.8, 4) is 0 Å². The van der Waals surface area contributed by atoms with Gasteiger partial charge < -0.3 is 15.5 Å². The van der Waals surface area contributed by atoms with Gasteiger partial charge in [0.25, 0.3) is 0 Å². The number of piperazine rings is 1. The highest BCUT2D eigenvalue weighted by Gasteiger charge is 2.34. The minimum Gasteiger partial charge on any atom is -0.355 e. The highest BCUT2D eigenvalue weighted by Crippen LogP contribution is 2.38. The zero-order valence-electron chi connectivity index (χ0n) is 9.37. The Labute approximate surface area is 121 Å². The van der Waals surface area contributed by atoms with E-state index >= 15 is 0 Å². The normalized spacial score (nSPS) is 21.6. The standard InChI is InChI=1S/C11H11Cl2N3O.ClH/c12-6-3-8-9(4-7(6)13)16-2-1-14-5-10(16)11(17)15-8;/h3-4,10,14H,1-2,5H2,(H,15,17);1H. The van der Waals surface area contributed by atoms with Gasteiger partial charge in [-0.3, -0.25) is 4.79 Å². The van der Waals surface area contributed by atoms with Crippen molar-refractivity contribution >= 4 is 52.9 Å². The fourth-order valence-electron chi connectivity index (χ4n) is 2.32. The summed E-state index contributed by atoms with van der Waals surface area (Å²) in [5, 5.41) is 7.04. The van der Waals surface area contributed by atoms with Gasteiger partial charge in [0.1, 0.15) is 6.04 Å². The number of carbonyl (C=O) groups excluding carboxylic acids is 1. The van der Waals surface area contributed by atoms with Crippen molar-refractivity contribution in [3.05, 3.63) is 22.2 Å². The molecule has 3 rings (SSSR count). The molecule has 1 aromatic carbocycles. The summed E-state index contributed by atoms with van der Waals surface area (Å²) in [6, 6.07) is 3.36. The Morgan fingerprint density at radius 2 is 2.00 bits per heavy atom. The van der Waals surface area contributed by atoms with Crippen LogP contribution in [0.2, 0.25) is 10.0 Å². The van der Waals surface area contributed by atoms with Crippen molar-refractivity contribution < 1.29 is 4.79 Å². The Bertz CT molecular complexity index is 495. The van der Waals surface area contributed by atoms with E-state index in [0.717, 1.165) is 24.5 Å². The van der Waals surface area contributed by atoms with Gasteiger partial charge in [-0.25, -0.2) is 0 Å². The zero-order valence-corrected chi connectivity index (χ0v) is 11.7. The number of hydrogen-bond donors (Lipinski definition) is 2. The lowest BCUT2D eigenvalue weighted by atomic mass is 10.1. The molecule has 2 aliphatic heterocycles. The first-order valence-electron chi connectivity index (χ1n) is 5.44. The van der Waals surface area contributed by atoms with Gasteiger partial charge in [0, 0.05) is 19.6 Å². The second-order valence-corrected chi connectivity index (χ2v) is 5.00. The Hall–Kier alpha value is -0.680. The number of carbonyl (C=O) groups is 1. The van der Waals surface area contributed by atoms with E-state index < -0.39 is 0 Å². The lowest BCUT2D eigenvalue weighted by Crippen LogP contribution is -2.58. The molecule has 7 heteroatoms. The summed E-state index contributed by atoms with van der Waals surface area (Å²) in [6.07, 6.45) is 0. The van der Waals surface area contributed by atoms with Crippen LogP contribution in [0.5, 0.6) is 0 Å². The molecular weight excluding hydrogens is 297 g/mol. The molecule has 18 heavy (non-hydrogen) atoms. The molecule has 0 spiro atoms. The molecule has 0 saturated carbocycles. The predicted octanol–water partition coefficient (Wildman–Crippen LogP) is 2.15. The van der Waals surface area contributed by atoms with Crippen LogP contribution in [0.25, 0.3) is 0 Å². The van der Waals surface area contributed by atoms with E-state index in [1.165, 1.54) is 0 Å². The average Bonchev–Trinajstić information content (AvgIpc) is 2.32. The third-order valence-corrected chi connectivity index (χ3v) is 3.87. The summed E-state index contributed by atoms with van der Waals surface area (Å²) in [7, 11) is 0. The molecule has 1 saturated heterocycles. The fourth-order valence-corrected chi connectivity index (χ4v) is 2.64. The van der Waals surface area contributed by atoms with Crippen LogP contribution < -0.4 is 15.5 Å². The minimum atomic E-state index is -0.159. The van der Waals surface area contributed by atoms with E-state index in [1.54, 1.807) is 6.07 Å². The number of amides is 1. The van der Waals surface area contributed by atoms with Crippen molar-refractivity contribution in [3.63, 3.8) is 0 Å². The number of anilines is 2. The Morgan fingerprint density at radius 3 is 2.78 bits per heavy atom. The van der Waals surface area contributed by atoms with Crippen LogP contribution in [0.1, 0.15) is 0 Å². The molecule has 0 aliphatic carbocycles. The van der Waals surface area contributed by atoms with E-state index in [-0.39, 0.29) is 24.4 Å². The maximum atomic E-state index is 11.9. The summed E-state index contributed by atoms with van der Waals surface area (Å²) < 4.78 is 0. The van der Waals surface area contributed by atoms with E-state index in [0.29, 0.717) is 16.6 Å². The van der Waals surface area contributed by atoms with Crippen LogP contribution in [0.15, 0.2) is 12.1 Å². The molecule has 1 amide bonds. The number of hydrogen-bond acceptors (Lipinski definition) is 3.